The highest BCUT2D eigenvalue weighted by molar-refractivity contribution is 5.22. The number of halogens is 1. The molecule has 0 saturated heterocycles. The maximum absolute atomic E-state index is 13.3. The molecule has 2 N–H and O–H groups in total. The van der Waals surface area contributed by atoms with Gasteiger partial charge in [0.15, 0.2) is 0 Å². The lowest BCUT2D eigenvalue weighted by atomic mass is 9.99. The van der Waals surface area contributed by atoms with Gasteiger partial charge in [0.1, 0.15) is 5.82 Å². The van der Waals surface area contributed by atoms with E-state index in [9.17, 15) is 4.39 Å². The van der Waals surface area contributed by atoms with Crippen molar-refractivity contribution in [3.63, 3.8) is 0 Å². The van der Waals surface area contributed by atoms with Crippen LogP contribution in [0.3, 0.4) is 0 Å². The maximum atomic E-state index is 13.3. The van der Waals surface area contributed by atoms with Gasteiger partial charge in [0.25, 0.3) is 0 Å². The average molecular weight is 272 g/mol. The molecule has 0 spiro atoms. The van der Waals surface area contributed by atoms with E-state index in [0.29, 0.717) is 6.54 Å². The Morgan fingerprint density at radius 2 is 1.80 bits per heavy atom. The van der Waals surface area contributed by atoms with Crippen LogP contribution in [0, 0.1) is 5.82 Å². The maximum Gasteiger partial charge on any atom is 0.123 e. The van der Waals surface area contributed by atoms with Crippen molar-refractivity contribution >= 4 is 0 Å². The van der Waals surface area contributed by atoms with Crippen LogP contribution in [0.4, 0.5) is 4.39 Å². The molecule has 106 valence electrons. The molecule has 0 aromatic heterocycles. The molecule has 0 aliphatic heterocycles. The molecule has 3 heteroatoms. The van der Waals surface area contributed by atoms with E-state index in [1.165, 1.54) is 11.6 Å². The van der Waals surface area contributed by atoms with Gasteiger partial charge in [-0.3, -0.25) is 4.90 Å². The summed E-state index contributed by atoms with van der Waals surface area (Å²) in [5, 5.41) is 0. The first-order valence-electron chi connectivity index (χ1n) is 6.83. The number of hydrogen-bond donors (Lipinski definition) is 1. The van der Waals surface area contributed by atoms with Crippen LogP contribution in [0.1, 0.15) is 24.1 Å². The minimum atomic E-state index is -0.201. The molecule has 0 saturated carbocycles. The molecule has 0 radical (unpaired) electrons. The first kappa shape index (κ1) is 14.7. The largest absolute Gasteiger partial charge is 0.326 e. The molecular formula is C17H21FN2. The summed E-state index contributed by atoms with van der Waals surface area (Å²) in [6.07, 6.45) is 0. The van der Waals surface area contributed by atoms with Crippen LogP contribution in [0.25, 0.3) is 0 Å². The number of nitrogens with two attached hydrogens (primary N) is 1. The molecule has 2 unspecified atom stereocenters. The second kappa shape index (κ2) is 6.64. The van der Waals surface area contributed by atoms with Crippen molar-refractivity contribution in [2.45, 2.75) is 25.6 Å². The zero-order chi connectivity index (χ0) is 14.5. The van der Waals surface area contributed by atoms with E-state index in [1.54, 1.807) is 12.1 Å². The monoisotopic (exact) mass is 272 g/mol. The lowest BCUT2D eigenvalue weighted by molar-refractivity contribution is 0.211. The summed E-state index contributed by atoms with van der Waals surface area (Å²) in [5.41, 5.74) is 8.27. The molecule has 2 atom stereocenters. The van der Waals surface area contributed by atoms with Gasteiger partial charge < -0.3 is 5.73 Å². The molecule has 0 amide bonds. The molecule has 0 bridgehead atoms. The van der Waals surface area contributed by atoms with Gasteiger partial charge in [0.05, 0.1) is 0 Å². The Morgan fingerprint density at radius 1 is 1.10 bits per heavy atom. The third-order valence-electron chi connectivity index (χ3n) is 3.43. The molecule has 2 aromatic carbocycles. The van der Waals surface area contributed by atoms with Crippen LogP contribution in [0.5, 0.6) is 0 Å². The Morgan fingerprint density at radius 3 is 2.40 bits per heavy atom. The average Bonchev–Trinajstić information content (AvgIpc) is 2.39. The zero-order valence-corrected chi connectivity index (χ0v) is 12.0. The third kappa shape index (κ3) is 3.65. The molecular weight excluding hydrogens is 251 g/mol. The van der Waals surface area contributed by atoms with Gasteiger partial charge in [0.2, 0.25) is 0 Å². The Kier molecular flexibility index (Phi) is 4.88. The molecule has 0 aliphatic rings. The predicted molar refractivity (Wildman–Crippen MR) is 80.7 cm³/mol. The van der Waals surface area contributed by atoms with Crippen molar-refractivity contribution in [2.24, 2.45) is 5.73 Å². The summed E-state index contributed by atoms with van der Waals surface area (Å²) < 4.78 is 13.3. The smallest absolute Gasteiger partial charge is 0.123 e. The highest BCUT2D eigenvalue weighted by Gasteiger charge is 2.21. The summed E-state index contributed by atoms with van der Waals surface area (Å²) in [6, 6.07) is 17.0. The van der Waals surface area contributed by atoms with E-state index in [-0.39, 0.29) is 17.9 Å². The van der Waals surface area contributed by atoms with E-state index in [0.717, 1.165) is 5.56 Å². The normalized spacial score (nSPS) is 14.2. The summed E-state index contributed by atoms with van der Waals surface area (Å²) in [7, 11) is 2.02. The van der Waals surface area contributed by atoms with Crippen LogP contribution in [-0.4, -0.2) is 18.0 Å². The van der Waals surface area contributed by atoms with E-state index < -0.39 is 0 Å². The standard InChI is InChI=1S/C17H21FN2/c1-13(19)17(15-8-4-3-5-9-15)20(2)12-14-7-6-10-16(18)11-14/h3-11,13,17H,12,19H2,1-2H3. The minimum absolute atomic E-state index is 0.00374. The molecule has 0 heterocycles. The number of likely N-dealkylation sites (N-methyl/N-ethyl adjacent to an activating group) is 1. The lowest BCUT2D eigenvalue weighted by Crippen LogP contribution is -2.36. The summed E-state index contributed by atoms with van der Waals surface area (Å²) in [4.78, 5) is 2.16. The van der Waals surface area contributed by atoms with Crippen molar-refractivity contribution in [3.8, 4) is 0 Å². The first-order chi connectivity index (χ1) is 9.58. The van der Waals surface area contributed by atoms with Crippen molar-refractivity contribution in [2.75, 3.05) is 7.05 Å². The molecule has 0 aliphatic carbocycles. The number of hydrogen-bond acceptors (Lipinski definition) is 2. The van der Waals surface area contributed by atoms with Crippen LogP contribution in [-0.2, 0) is 6.54 Å². The third-order valence-corrected chi connectivity index (χ3v) is 3.43. The molecule has 2 rings (SSSR count). The van der Waals surface area contributed by atoms with Crippen molar-refractivity contribution in [1.29, 1.82) is 0 Å². The van der Waals surface area contributed by atoms with Gasteiger partial charge in [-0.1, -0.05) is 42.5 Å². The highest BCUT2D eigenvalue weighted by Crippen LogP contribution is 2.23. The topological polar surface area (TPSA) is 29.3 Å². The van der Waals surface area contributed by atoms with Crippen LogP contribution in [0.15, 0.2) is 54.6 Å². The molecule has 2 nitrogen and oxygen atoms in total. The van der Waals surface area contributed by atoms with E-state index in [1.807, 2.05) is 38.2 Å². The minimum Gasteiger partial charge on any atom is -0.326 e. The lowest BCUT2D eigenvalue weighted by Gasteiger charge is -2.31. The quantitative estimate of drug-likeness (QED) is 0.904. The van der Waals surface area contributed by atoms with Gasteiger partial charge in [-0.15, -0.1) is 0 Å². The summed E-state index contributed by atoms with van der Waals surface area (Å²) in [6.45, 7) is 2.67. The first-order valence-corrected chi connectivity index (χ1v) is 6.83. The second-order valence-corrected chi connectivity index (χ2v) is 5.26. The fraction of sp³-hybridized carbons (Fsp3) is 0.294. The van der Waals surface area contributed by atoms with Crippen molar-refractivity contribution in [3.05, 3.63) is 71.5 Å². The van der Waals surface area contributed by atoms with Gasteiger partial charge in [0, 0.05) is 18.6 Å². The fourth-order valence-corrected chi connectivity index (χ4v) is 2.63. The van der Waals surface area contributed by atoms with Crippen LogP contribution in [0.2, 0.25) is 0 Å². The number of rotatable bonds is 5. The summed E-state index contributed by atoms with van der Waals surface area (Å²) in [5.74, 6) is -0.201. The van der Waals surface area contributed by atoms with E-state index in [2.05, 4.69) is 17.0 Å². The van der Waals surface area contributed by atoms with E-state index >= 15 is 0 Å². The Balaban J connectivity index is 2.18. The predicted octanol–water partition coefficient (Wildman–Crippen LogP) is 3.35. The van der Waals surface area contributed by atoms with E-state index in [4.69, 9.17) is 5.73 Å². The number of nitrogens with zero attached hydrogens (tertiary/aromatic N) is 1. The van der Waals surface area contributed by atoms with Crippen molar-refractivity contribution < 1.29 is 4.39 Å². The van der Waals surface area contributed by atoms with Crippen molar-refractivity contribution in [1.82, 2.24) is 4.90 Å². The molecule has 2 aromatic rings. The SMILES string of the molecule is CC(N)C(c1ccccc1)N(C)Cc1cccc(F)c1. The fourth-order valence-electron chi connectivity index (χ4n) is 2.63. The highest BCUT2D eigenvalue weighted by atomic mass is 19.1. The van der Waals surface area contributed by atoms with Gasteiger partial charge in [-0.05, 0) is 37.2 Å². The zero-order valence-electron chi connectivity index (χ0n) is 12.0. The molecule has 0 fully saturated rings. The van der Waals surface area contributed by atoms with Crippen LogP contribution >= 0.6 is 0 Å². The van der Waals surface area contributed by atoms with Crippen LogP contribution < -0.4 is 5.73 Å². The van der Waals surface area contributed by atoms with Gasteiger partial charge >= 0.3 is 0 Å². The molecule has 20 heavy (non-hydrogen) atoms. The second-order valence-electron chi connectivity index (χ2n) is 5.26. The Labute approximate surface area is 120 Å². The number of benzene rings is 2. The van der Waals surface area contributed by atoms with Gasteiger partial charge in [-0.25, -0.2) is 4.39 Å². The summed E-state index contributed by atoms with van der Waals surface area (Å²) >= 11 is 0. The van der Waals surface area contributed by atoms with Gasteiger partial charge in [-0.2, -0.15) is 0 Å². The Hall–Kier alpha value is -1.71. The Bertz CT molecular complexity index is 540.